The molecule has 1 heterocycles. The summed E-state index contributed by atoms with van der Waals surface area (Å²) in [5, 5.41) is 13.5. The molecule has 1 saturated carbocycles. The van der Waals surface area contributed by atoms with Gasteiger partial charge in [-0.2, -0.15) is 0 Å². The average molecular weight is 281 g/mol. The third kappa shape index (κ3) is 3.83. The summed E-state index contributed by atoms with van der Waals surface area (Å²) in [4.78, 5) is 19.7. The highest BCUT2D eigenvalue weighted by Gasteiger charge is 2.29. The summed E-state index contributed by atoms with van der Waals surface area (Å²) in [6.45, 7) is 0. The number of hydrogen-bond donors (Lipinski definition) is 2. The fourth-order valence-electron chi connectivity index (χ4n) is 2.50. The van der Waals surface area contributed by atoms with Crippen LogP contribution in [-0.2, 0) is 4.79 Å². The second kappa shape index (κ2) is 6.75. The van der Waals surface area contributed by atoms with Gasteiger partial charge in [-0.05, 0) is 19.1 Å². The molecular weight excluding hydrogens is 262 g/mol. The van der Waals surface area contributed by atoms with Gasteiger partial charge in [0.25, 0.3) is 0 Å². The van der Waals surface area contributed by atoms with E-state index in [9.17, 15) is 9.90 Å². The van der Waals surface area contributed by atoms with Crippen LogP contribution in [0, 0.1) is 5.92 Å². The molecular formula is C13H19N3O2S. The Balaban J connectivity index is 2.11. The lowest BCUT2D eigenvalue weighted by Crippen LogP contribution is -2.34. The van der Waals surface area contributed by atoms with Gasteiger partial charge in [-0.3, -0.25) is 4.79 Å². The molecule has 19 heavy (non-hydrogen) atoms. The number of nitrogens with one attached hydrogen (secondary N) is 1. The monoisotopic (exact) mass is 281 g/mol. The molecule has 2 N–H and O–H groups in total. The highest BCUT2D eigenvalue weighted by atomic mass is 32.2. The van der Waals surface area contributed by atoms with E-state index in [1.807, 2.05) is 12.3 Å². The molecule has 1 aromatic rings. The first-order chi connectivity index (χ1) is 9.20. The van der Waals surface area contributed by atoms with Gasteiger partial charge >= 0.3 is 5.97 Å². The van der Waals surface area contributed by atoms with Crippen molar-refractivity contribution in [2.24, 2.45) is 5.92 Å². The average Bonchev–Trinajstić information content (AvgIpc) is 2.64. The number of anilines is 1. The van der Waals surface area contributed by atoms with Crippen LogP contribution >= 0.6 is 11.8 Å². The van der Waals surface area contributed by atoms with Crippen molar-refractivity contribution in [3.05, 3.63) is 12.4 Å². The Labute approximate surface area is 117 Å². The zero-order valence-electron chi connectivity index (χ0n) is 11.0. The predicted octanol–water partition coefficient (Wildman–Crippen LogP) is 2.64. The normalized spacial score (nSPS) is 23.6. The first kappa shape index (κ1) is 14.1. The van der Waals surface area contributed by atoms with Crippen LogP contribution in [0.5, 0.6) is 0 Å². The Bertz CT molecular complexity index is 442. The van der Waals surface area contributed by atoms with E-state index in [1.54, 1.807) is 11.8 Å². The van der Waals surface area contributed by atoms with Crippen LogP contribution in [0.1, 0.15) is 32.1 Å². The molecule has 0 amide bonds. The van der Waals surface area contributed by atoms with Crippen LogP contribution in [0.4, 0.5) is 5.82 Å². The van der Waals surface area contributed by atoms with E-state index in [-0.39, 0.29) is 12.0 Å². The van der Waals surface area contributed by atoms with Crippen LogP contribution in [0.2, 0.25) is 0 Å². The molecule has 1 fully saturated rings. The van der Waals surface area contributed by atoms with E-state index in [2.05, 4.69) is 15.3 Å². The van der Waals surface area contributed by atoms with Crippen LogP contribution < -0.4 is 5.32 Å². The zero-order chi connectivity index (χ0) is 13.7. The predicted molar refractivity (Wildman–Crippen MR) is 75.4 cm³/mol. The van der Waals surface area contributed by atoms with E-state index in [0.29, 0.717) is 0 Å². The van der Waals surface area contributed by atoms with E-state index in [0.717, 1.165) is 42.9 Å². The number of thioether (sulfide) groups is 1. The smallest absolute Gasteiger partial charge is 0.308 e. The lowest BCUT2D eigenvalue weighted by atomic mass is 9.95. The van der Waals surface area contributed by atoms with E-state index in [4.69, 9.17) is 0 Å². The molecule has 1 aliphatic rings. The van der Waals surface area contributed by atoms with Crippen LogP contribution in [0.15, 0.2) is 17.4 Å². The largest absolute Gasteiger partial charge is 0.481 e. The Kier molecular flexibility index (Phi) is 5.01. The summed E-state index contributed by atoms with van der Waals surface area (Å²) in [6.07, 6.45) is 8.28. The zero-order valence-corrected chi connectivity index (χ0v) is 11.8. The van der Waals surface area contributed by atoms with Gasteiger partial charge in [-0.1, -0.05) is 19.3 Å². The number of rotatable bonds is 4. The summed E-state index contributed by atoms with van der Waals surface area (Å²) in [6, 6.07) is 1.83. The lowest BCUT2D eigenvalue weighted by Gasteiger charge is -2.23. The second-order valence-corrected chi connectivity index (χ2v) is 5.61. The first-order valence-corrected chi connectivity index (χ1v) is 7.78. The molecule has 6 heteroatoms. The Morgan fingerprint density at radius 2 is 2.16 bits per heavy atom. The summed E-state index contributed by atoms with van der Waals surface area (Å²) in [7, 11) is 0. The minimum absolute atomic E-state index is 0.0374. The molecule has 0 radical (unpaired) electrons. The second-order valence-electron chi connectivity index (χ2n) is 4.78. The SMILES string of the molecule is CSc1cc(NC2CCCCCC2C(=O)O)ncn1. The summed E-state index contributed by atoms with van der Waals surface area (Å²) in [5.74, 6) is -0.314. The van der Waals surface area contributed by atoms with Gasteiger partial charge in [0.2, 0.25) is 0 Å². The van der Waals surface area contributed by atoms with Crippen molar-refractivity contribution in [1.29, 1.82) is 0 Å². The molecule has 0 saturated heterocycles. The Morgan fingerprint density at radius 3 is 2.89 bits per heavy atom. The fourth-order valence-corrected chi connectivity index (χ4v) is 2.88. The highest BCUT2D eigenvalue weighted by molar-refractivity contribution is 7.98. The van der Waals surface area contributed by atoms with Crippen LogP contribution in [0.3, 0.4) is 0 Å². The number of carboxylic acids is 1. The van der Waals surface area contributed by atoms with Gasteiger partial charge in [0, 0.05) is 12.1 Å². The number of hydrogen-bond acceptors (Lipinski definition) is 5. The van der Waals surface area contributed by atoms with Crippen molar-refractivity contribution in [1.82, 2.24) is 9.97 Å². The third-order valence-corrected chi connectivity index (χ3v) is 4.16. The summed E-state index contributed by atoms with van der Waals surface area (Å²) < 4.78 is 0. The molecule has 0 aromatic carbocycles. The van der Waals surface area contributed by atoms with Gasteiger partial charge in [0.05, 0.1) is 5.92 Å². The molecule has 5 nitrogen and oxygen atoms in total. The van der Waals surface area contributed by atoms with E-state index in [1.165, 1.54) is 6.33 Å². The van der Waals surface area contributed by atoms with Crippen LogP contribution in [0.25, 0.3) is 0 Å². The summed E-state index contributed by atoms with van der Waals surface area (Å²) in [5.41, 5.74) is 0. The molecule has 0 spiro atoms. The maximum Gasteiger partial charge on any atom is 0.308 e. The number of aromatic nitrogens is 2. The standard InChI is InChI=1S/C13H19N3O2S/c1-19-12-7-11(14-8-15-12)16-10-6-4-2-3-5-9(10)13(17)18/h7-10H,2-6H2,1H3,(H,17,18)(H,14,15,16). The van der Waals surface area contributed by atoms with Gasteiger partial charge in [0.1, 0.15) is 17.2 Å². The number of nitrogens with zero attached hydrogens (tertiary/aromatic N) is 2. The van der Waals surface area contributed by atoms with Crippen molar-refractivity contribution in [2.75, 3.05) is 11.6 Å². The number of aliphatic carboxylic acids is 1. The van der Waals surface area contributed by atoms with E-state index >= 15 is 0 Å². The minimum Gasteiger partial charge on any atom is -0.481 e. The van der Waals surface area contributed by atoms with E-state index < -0.39 is 5.97 Å². The molecule has 2 rings (SSSR count). The van der Waals surface area contributed by atoms with Gasteiger partial charge < -0.3 is 10.4 Å². The topological polar surface area (TPSA) is 75.1 Å². The van der Waals surface area contributed by atoms with Gasteiger partial charge in [0.15, 0.2) is 0 Å². The molecule has 2 atom stereocenters. The number of carboxylic acid groups (broad SMARTS) is 1. The van der Waals surface area contributed by atoms with Crippen molar-refractivity contribution < 1.29 is 9.90 Å². The lowest BCUT2D eigenvalue weighted by molar-refractivity contribution is -0.142. The first-order valence-electron chi connectivity index (χ1n) is 6.56. The van der Waals surface area contributed by atoms with Crippen molar-refractivity contribution >= 4 is 23.5 Å². The van der Waals surface area contributed by atoms with Crippen molar-refractivity contribution in [3.8, 4) is 0 Å². The maximum atomic E-state index is 11.4. The van der Waals surface area contributed by atoms with Crippen LogP contribution in [-0.4, -0.2) is 33.3 Å². The van der Waals surface area contributed by atoms with Gasteiger partial charge in [-0.25, -0.2) is 9.97 Å². The molecule has 1 aromatic heterocycles. The highest BCUT2D eigenvalue weighted by Crippen LogP contribution is 2.26. The molecule has 1 aliphatic carbocycles. The minimum atomic E-state index is -0.710. The van der Waals surface area contributed by atoms with Gasteiger partial charge in [-0.15, -0.1) is 11.8 Å². The van der Waals surface area contributed by atoms with Crippen molar-refractivity contribution in [2.45, 2.75) is 43.2 Å². The van der Waals surface area contributed by atoms with Crippen molar-refractivity contribution in [3.63, 3.8) is 0 Å². The number of carbonyl (C=O) groups is 1. The molecule has 0 aliphatic heterocycles. The summed E-state index contributed by atoms with van der Waals surface area (Å²) >= 11 is 1.55. The molecule has 2 unspecified atom stereocenters. The Hall–Kier alpha value is -1.30. The fraction of sp³-hybridized carbons (Fsp3) is 0.615. The maximum absolute atomic E-state index is 11.4. The third-order valence-electron chi connectivity index (χ3n) is 3.52. The quantitative estimate of drug-likeness (QED) is 0.502. The molecule has 104 valence electrons. The Morgan fingerprint density at radius 1 is 1.37 bits per heavy atom. The molecule has 0 bridgehead atoms.